The molecular formula is C16H11O8P. The quantitative estimate of drug-likeness (QED) is 0.558. The summed E-state index contributed by atoms with van der Waals surface area (Å²) in [6, 6.07) is 7.06. The normalized spacial score (nSPS) is 10.2. The SMILES string of the molecule is O=C(O)c1ccc(Pc2ccc(C(=O)O)cc2C(=O)O)c(C(=O)O)c1. The predicted molar refractivity (Wildman–Crippen MR) is 88.3 cm³/mol. The molecule has 0 atom stereocenters. The molecule has 0 bridgehead atoms. The molecule has 0 aliphatic rings. The van der Waals surface area contributed by atoms with Crippen molar-refractivity contribution in [1.29, 1.82) is 0 Å². The van der Waals surface area contributed by atoms with Crippen LogP contribution in [0.5, 0.6) is 0 Å². The van der Waals surface area contributed by atoms with Gasteiger partial charge in [0, 0.05) is 0 Å². The fourth-order valence-electron chi connectivity index (χ4n) is 2.07. The van der Waals surface area contributed by atoms with Gasteiger partial charge in [0.25, 0.3) is 0 Å². The summed E-state index contributed by atoms with van der Waals surface area (Å²) in [6.07, 6.45) is 0. The minimum Gasteiger partial charge on any atom is -0.478 e. The fourth-order valence-corrected chi connectivity index (χ4v) is 3.32. The van der Waals surface area contributed by atoms with Gasteiger partial charge in [-0.15, -0.1) is 0 Å². The van der Waals surface area contributed by atoms with Gasteiger partial charge in [0.1, 0.15) is 0 Å². The van der Waals surface area contributed by atoms with Crippen molar-refractivity contribution in [1.82, 2.24) is 0 Å². The lowest BCUT2D eigenvalue weighted by molar-refractivity contribution is 0.0677. The zero-order valence-electron chi connectivity index (χ0n) is 12.4. The van der Waals surface area contributed by atoms with Crippen molar-refractivity contribution in [3.8, 4) is 0 Å². The monoisotopic (exact) mass is 362 g/mol. The van der Waals surface area contributed by atoms with Gasteiger partial charge in [-0.1, -0.05) is 20.7 Å². The van der Waals surface area contributed by atoms with Crippen LogP contribution < -0.4 is 10.6 Å². The van der Waals surface area contributed by atoms with E-state index in [9.17, 15) is 29.4 Å². The molecule has 128 valence electrons. The molecule has 25 heavy (non-hydrogen) atoms. The van der Waals surface area contributed by atoms with E-state index in [1.807, 2.05) is 0 Å². The largest absolute Gasteiger partial charge is 0.478 e. The van der Waals surface area contributed by atoms with Crippen molar-refractivity contribution in [2.24, 2.45) is 0 Å². The summed E-state index contributed by atoms with van der Waals surface area (Å²) in [6.45, 7) is 0. The van der Waals surface area contributed by atoms with Gasteiger partial charge in [-0.05, 0) is 34.9 Å². The molecule has 2 aromatic carbocycles. The van der Waals surface area contributed by atoms with Gasteiger partial charge in [-0.2, -0.15) is 0 Å². The van der Waals surface area contributed by atoms with Crippen LogP contribution in [0.1, 0.15) is 41.4 Å². The van der Waals surface area contributed by atoms with Crippen molar-refractivity contribution in [2.75, 3.05) is 0 Å². The second kappa shape index (κ2) is 7.11. The molecule has 0 aromatic heterocycles. The van der Waals surface area contributed by atoms with Crippen molar-refractivity contribution < 1.29 is 39.6 Å². The Morgan fingerprint density at radius 2 is 0.960 bits per heavy atom. The van der Waals surface area contributed by atoms with Crippen LogP contribution in [0.25, 0.3) is 0 Å². The van der Waals surface area contributed by atoms with E-state index < -0.39 is 32.5 Å². The summed E-state index contributed by atoms with van der Waals surface area (Å²) in [5.41, 5.74) is -0.912. The summed E-state index contributed by atoms with van der Waals surface area (Å²) in [5, 5.41) is 36.9. The summed E-state index contributed by atoms with van der Waals surface area (Å²) in [7, 11) is -0.408. The Morgan fingerprint density at radius 1 is 0.600 bits per heavy atom. The van der Waals surface area contributed by atoms with Crippen molar-refractivity contribution in [2.45, 2.75) is 0 Å². The molecule has 0 unspecified atom stereocenters. The molecule has 4 N–H and O–H groups in total. The first kappa shape index (κ1) is 18.1. The Hall–Kier alpha value is -3.25. The average Bonchev–Trinajstić information content (AvgIpc) is 2.54. The van der Waals surface area contributed by atoms with Crippen LogP contribution in [0.4, 0.5) is 0 Å². The van der Waals surface area contributed by atoms with E-state index in [2.05, 4.69) is 0 Å². The maximum absolute atomic E-state index is 11.4. The number of rotatable bonds is 6. The van der Waals surface area contributed by atoms with Gasteiger partial charge in [0.2, 0.25) is 0 Å². The van der Waals surface area contributed by atoms with Crippen LogP contribution in [0.2, 0.25) is 0 Å². The Labute approximate surface area is 142 Å². The molecular weight excluding hydrogens is 351 g/mol. The third-order valence-corrected chi connectivity index (χ3v) is 4.67. The Kier molecular flexibility index (Phi) is 5.14. The number of hydrogen-bond acceptors (Lipinski definition) is 4. The standard InChI is InChI=1S/C16H11O8P/c17-13(18)7-1-3-11(9(5-7)15(21)22)25-12-4-2-8(14(19)20)6-10(12)16(23)24/h1-6,25H,(H,17,18)(H,19,20)(H,21,22)(H,23,24). The van der Waals surface area contributed by atoms with E-state index in [1.165, 1.54) is 24.3 Å². The van der Waals surface area contributed by atoms with Crippen LogP contribution in [0.15, 0.2) is 36.4 Å². The first-order valence-corrected chi connectivity index (χ1v) is 7.69. The lowest BCUT2D eigenvalue weighted by Gasteiger charge is -2.10. The maximum atomic E-state index is 11.4. The van der Waals surface area contributed by atoms with Crippen LogP contribution >= 0.6 is 8.58 Å². The lowest BCUT2D eigenvalue weighted by Crippen LogP contribution is -2.19. The highest BCUT2D eigenvalue weighted by Gasteiger charge is 2.18. The molecule has 0 aliphatic heterocycles. The van der Waals surface area contributed by atoms with Crippen molar-refractivity contribution in [3.63, 3.8) is 0 Å². The zero-order valence-corrected chi connectivity index (χ0v) is 13.4. The molecule has 2 rings (SSSR count). The predicted octanol–water partition coefficient (Wildman–Crippen LogP) is 1.11. The average molecular weight is 362 g/mol. The number of carboxylic acid groups (broad SMARTS) is 4. The first-order valence-electron chi connectivity index (χ1n) is 6.69. The molecule has 0 saturated carbocycles. The second-order valence-corrected chi connectivity index (χ2v) is 6.19. The summed E-state index contributed by atoms with van der Waals surface area (Å²) in [5.74, 6) is -5.25. The van der Waals surface area contributed by atoms with Gasteiger partial charge in [-0.3, -0.25) is 0 Å². The van der Waals surface area contributed by atoms with E-state index >= 15 is 0 Å². The molecule has 0 amide bonds. The molecule has 8 nitrogen and oxygen atoms in total. The van der Waals surface area contributed by atoms with E-state index in [-0.39, 0.29) is 32.9 Å². The van der Waals surface area contributed by atoms with E-state index in [4.69, 9.17) is 10.2 Å². The third kappa shape index (κ3) is 3.99. The summed E-state index contributed by atoms with van der Waals surface area (Å²) < 4.78 is 0. The van der Waals surface area contributed by atoms with Crippen LogP contribution in [-0.2, 0) is 0 Å². The highest BCUT2D eigenvalue weighted by atomic mass is 31.1. The van der Waals surface area contributed by atoms with Crippen LogP contribution in [0, 0.1) is 0 Å². The number of hydrogen-bond donors (Lipinski definition) is 4. The van der Waals surface area contributed by atoms with E-state index in [1.54, 1.807) is 0 Å². The summed E-state index contributed by atoms with van der Waals surface area (Å²) in [4.78, 5) is 44.7. The molecule has 0 heterocycles. The zero-order chi connectivity index (χ0) is 18.7. The first-order chi connectivity index (χ1) is 11.7. The van der Waals surface area contributed by atoms with Gasteiger partial charge in [0.15, 0.2) is 0 Å². The molecule has 9 heteroatoms. The van der Waals surface area contributed by atoms with Crippen LogP contribution in [-0.4, -0.2) is 44.3 Å². The van der Waals surface area contributed by atoms with E-state index in [0.717, 1.165) is 12.1 Å². The maximum Gasteiger partial charge on any atom is 0.336 e. The second-order valence-electron chi connectivity index (χ2n) is 4.87. The lowest BCUT2D eigenvalue weighted by atomic mass is 10.1. The topological polar surface area (TPSA) is 149 Å². The Morgan fingerprint density at radius 3 is 1.24 bits per heavy atom. The molecule has 0 aliphatic carbocycles. The molecule has 2 aromatic rings. The highest BCUT2D eigenvalue weighted by Crippen LogP contribution is 2.19. The Bertz CT molecular complexity index is 830. The smallest absolute Gasteiger partial charge is 0.336 e. The number of carboxylic acids is 4. The van der Waals surface area contributed by atoms with Crippen molar-refractivity contribution in [3.05, 3.63) is 58.7 Å². The summed E-state index contributed by atoms with van der Waals surface area (Å²) >= 11 is 0. The Balaban J connectivity index is 2.52. The van der Waals surface area contributed by atoms with Gasteiger partial charge >= 0.3 is 23.9 Å². The fraction of sp³-hybridized carbons (Fsp3) is 0. The molecule has 0 fully saturated rings. The van der Waals surface area contributed by atoms with Crippen molar-refractivity contribution >= 4 is 43.1 Å². The minimum absolute atomic E-state index is 0.203. The van der Waals surface area contributed by atoms with Gasteiger partial charge in [0.05, 0.1) is 22.3 Å². The molecule has 0 spiro atoms. The molecule has 0 radical (unpaired) electrons. The van der Waals surface area contributed by atoms with Gasteiger partial charge in [-0.25, -0.2) is 19.2 Å². The van der Waals surface area contributed by atoms with E-state index in [0.29, 0.717) is 0 Å². The number of benzene rings is 2. The molecule has 0 saturated heterocycles. The van der Waals surface area contributed by atoms with Gasteiger partial charge < -0.3 is 20.4 Å². The third-order valence-electron chi connectivity index (χ3n) is 3.26. The number of aromatic carboxylic acids is 4. The number of carbonyl (C=O) groups is 4. The highest BCUT2D eigenvalue weighted by molar-refractivity contribution is 7.56. The minimum atomic E-state index is -1.34. The van der Waals surface area contributed by atoms with Crippen LogP contribution in [0.3, 0.4) is 0 Å².